The first kappa shape index (κ1) is 17.5. The number of carbonyl (C=O) groups is 2. The molecular weight excluding hydrogens is 292 g/mol. The average Bonchev–Trinajstić information content (AvgIpc) is 2.56. The van der Waals surface area contributed by atoms with Gasteiger partial charge in [0.05, 0.1) is 25.3 Å². The molecule has 5 nitrogen and oxygen atoms in total. The number of piperidine rings is 1. The van der Waals surface area contributed by atoms with E-state index in [2.05, 4.69) is 12.2 Å². The van der Waals surface area contributed by atoms with Crippen LogP contribution < -0.4 is 10.2 Å². The lowest BCUT2D eigenvalue weighted by molar-refractivity contribution is -0.896. The second-order valence-electron chi connectivity index (χ2n) is 6.10. The molecule has 1 aliphatic rings. The molecule has 1 aromatic rings. The van der Waals surface area contributed by atoms with Gasteiger partial charge in [-0.2, -0.15) is 0 Å². The van der Waals surface area contributed by atoms with Crippen LogP contribution in [0.15, 0.2) is 24.3 Å². The van der Waals surface area contributed by atoms with Gasteiger partial charge in [-0.05, 0) is 49.9 Å². The normalized spacial score (nSPS) is 15.2. The van der Waals surface area contributed by atoms with Crippen molar-refractivity contribution < 1.29 is 19.2 Å². The Morgan fingerprint density at radius 1 is 1.13 bits per heavy atom. The van der Waals surface area contributed by atoms with Crippen molar-refractivity contribution >= 4 is 17.6 Å². The van der Waals surface area contributed by atoms with Crippen LogP contribution in [0.5, 0.6) is 0 Å². The largest absolute Gasteiger partial charge is 0.462 e. The summed E-state index contributed by atoms with van der Waals surface area (Å²) >= 11 is 0. The van der Waals surface area contributed by atoms with Crippen molar-refractivity contribution in [2.24, 2.45) is 0 Å². The van der Waals surface area contributed by atoms with Gasteiger partial charge in [0.2, 0.25) is 0 Å². The summed E-state index contributed by atoms with van der Waals surface area (Å²) in [6.07, 6.45) is 5.56. The summed E-state index contributed by atoms with van der Waals surface area (Å²) in [6.45, 7) is 5.18. The number of anilines is 1. The average molecular weight is 319 g/mol. The number of esters is 1. The Morgan fingerprint density at radius 2 is 1.83 bits per heavy atom. The van der Waals surface area contributed by atoms with Crippen LogP contribution in [0, 0.1) is 0 Å². The quantitative estimate of drug-likeness (QED) is 0.593. The molecule has 5 heteroatoms. The maximum atomic E-state index is 12.1. The summed E-state index contributed by atoms with van der Waals surface area (Å²) in [4.78, 5) is 25.2. The van der Waals surface area contributed by atoms with E-state index in [-0.39, 0.29) is 11.9 Å². The number of likely N-dealkylation sites (tertiary alicyclic amines) is 1. The van der Waals surface area contributed by atoms with Crippen LogP contribution in [0.4, 0.5) is 5.69 Å². The van der Waals surface area contributed by atoms with Gasteiger partial charge in [0.15, 0.2) is 6.54 Å². The van der Waals surface area contributed by atoms with E-state index in [1.165, 1.54) is 24.2 Å². The van der Waals surface area contributed by atoms with Gasteiger partial charge in [0.1, 0.15) is 0 Å². The van der Waals surface area contributed by atoms with E-state index < -0.39 is 0 Å². The van der Waals surface area contributed by atoms with Gasteiger partial charge in [0.25, 0.3) is 5.91 Å². The Bertz CT molecular complexity index is 508. The summed E-state index contributed by atoms with van der Waals surface area (Å²) in [5.74, 6) is -0.283. The van der Waals surface area contributed by atoms with Crippen molar-refractivity contribution in [1.29, 1.82) is 0 Å². The minimum absolute atomic E-state index is 0.0279. The van der Waals surface area contributed by atoms with Crippen LogP contribution in [0.1, 0.15) is 49.4 Å². The van der Waals surface area contributed by atoms with Crippen molar-refractivity contribution in [2.45, 2.75) is 39.0 Å². The van der Waals surface area contributed by atoms with Gasteiger partial charge in [0, 0.05) is 5.69 Å². The van der Waals surface area contributed by atoms with E-state index in [0.29, 0.717) is 18.7 Å². The van der Waals surface area contributed by atoms with Crippen molar-refractivity contribution in [3.63, 3.8) is 0 Å². The molecule has 0 unspecified atom stereocenters. The number of amides is 1. The van der Waals surface area contributed by atoms with E-state index in [0.717, 1.165) is 31.6 Å². The van der Waals surface area contributed by atoms with Crippen LogP contribution in [0.2, 0.25) is 0 Å². The van der Waals surface area contributed by atoms with Crippen LogP contribution in [-0.2, 0) is 9.53 Å². The Hall–Kier alpha value is -1.88. The number of nitrogens with one attached hydrogen (secondary N) is 2. The standard InChI is InChI=1S/C18H26N2O3/c1-2-3-13-23-18(22)15-7-9-16(10-8-15)19-17(21)14-20-11-5-4-6-12-20/h7-10H,2-6,11-14H2,1H3,(H,19,21)/p+1. The Morgan fingerprint density at radius 3 is 2.48 bits per heavy atom. The fraction of sp³-hybridized carbons (Fsp3) is 0.556. The lowest BCUT2D eigenvalue weighted by atomic mass is 10.1. The first-order valence-corrected chi connectivity index (χ1v) is 8.59. The van der Waals surface area contributed by atoms with E-state index >= 15 is 0 Å². The maximum absolute atomic E-state index is 12.1. The number of rotatable bonds is 7. The highest BCUT2D eigenvalue weighted by Gasteiger charge is 2.17. The molecule has 1 aromatic carbocycles. The summed E-state index contributed by atoms with van der Waals surface area (Å²) in [5.41, 5.74) is 1.23. The van der Waals surface area contributed by atoms with E-state index in [1.807, 2.05) is 0 Å². The lowest BCUT2D eigenvalue weighted by Gasteiger charge is -2.22. The summed E-state index contributed by atoms with van der Waals surface area (Å²) in [6, 6.07) is 6.88. The molecule has 1 saturated heterocycles. The topological polar surface area (TPSA) is 59.8 Å². The van der Waals surface area contributed by atoms with Gasteiger partial charge in [-0.3, -0.25) is 4.79 Å². The number of quaternary nitrogens is 1. The predicted octanol–water partition coefficient (Wildman–Crippen LogP) is 1.65. The highest BCUT2D eigenvalue weighted by Crippen LogP contribution is 2.10. The molecule has 2 N–H and O–H groups in total. The minimum atomic E-state index is -0.311. The Balaban J connectivity index is 1.79. The Labute approximate surface area is 138 Å². The molecule has 1 aliphatic heterocycles. The van der Waals surface area contributed by atoms with E-state index in [9.17, 15) is 9.59 Å². The van der Waals surface area contributed by atoms with Crippen LogP contribution in [0.3, 0.4) is 0 Å². The van der Waals surface area contributed by atoms with Gasteiger partial charge < -0.3 is 15.0 Å². The molecular formula is C18H27N2O3+. The van der Waals surface area contributed by atoms with Crippen LogP contribution >= 0.6 is 0 Å². The fourth-order valence-electron chi connectivity index (χ4n) is 2.74. The second-order valence-corrected chi connectivity index (χ2v) is 6.10. The molecule has 126 valence electrons. The molecule has 1 amide bonds. The molecule has 0 bridgehead atoms. The summed E-state index contributed by atoms with van der Waals surface area (Å²) in [5, 5.41) is 2.90. The third-order valence-corrected chi connectivity index (χ3v) is 4.11. The predicted molar refractivity (Wildman–Crippen MR) is 89.7 cm³/mol. The van der Waals surface area contributed by atoms with Gasteiger partial charge >= 0.3 is 5.97 Å². The molecule has 0 aromatic heterocycles. The highest BCUT2D eigenvalue weighted by atomic mass is 16.5. The molecule has 0 radical (unpaired) electrons. The Kier molecular flexibility index (Phi) is 7.07. The smallest absolute Gasteiger partial charge is 0.338 e. The molecule has 0 spiro atoms. The number of unbranched alkanes of at least 4 members (excludes halogenated alkanes) is 1. The van der Waals surface area contributed by atoms with Crippen LogP contribution in [-0.4, -0.2) is 38.1 Å². The number of hydrogen-bond acceptors (Lipinski definition) is 3. The zero-order chi connectivity index (χ0) is 16.5. The summed E-state index contributed by atoms with van der Waals surface area (Å²) in [7, 11) is 0. The summed E-state index contributed by atoms with van der Waals surface area (Å²) < 4.78 is 5.16. The molecule has 1 fully saturated rings. The van der Waals surface area contributed by atoms with Gasteiger partial charge in [-0.25, -0.2) is 4.79 Å². The molecule has 0 aliphatic carbocycles. The first-order chi connectivity index (χ1) is 11.2. The minimum Gasteiger partial charge on any atom is -0.462 e. The number of carbonyl (C=O) groups excluding carboxylic acids is 2. The van der Waals surface area contributed by atoms with Crippen LogP contribution in [0.25, 0.3) is 0 Å². The fourth-order valence-corrected chi connectivity index (χ4v) is 2.74. The number of ether oxygens (including phenoxy) is 1. The van der Waals surface area contributed by atoms with E-state index in [1.54, 1.807) is 24.3 Å². The molecule has 23 heavy (non-hydrogen) atoms. The third kappa shape index (κ3) is 6.02. The first-order valence-electron chi connectivity index (χ1n) is 8.59. The zero-order valence-electron chi connectivity index (χ0n) is 13.9. The monoisotopic (exact) mass is 319 g/mol. The molecule has 2 rings (SSSR count). The lowest BCUT2D eigenvalue weighted by Crippen LogP contribution is -3.13. The highest BCUT2D eigenvalue weighted by molar-refractivity contribution is 5.93. The number of hydrogen-bond donors (Lipinski definition) is 2. The van der Waals surface area contributed by atoms with Crippen molar-refractivity contribution in [2.75, 3.05) is 31.6 Å². The zero-order valence-corrected chi connectivity index (χ0v) is 13.9. The number of benzene rings is 1. The van der Waals surface area contributed by atoms with Gasteiger partial charge in [-0.15, -0.1) is 0 Å². The molecule has 1 heterocycles. The third-order valence-electron chi connectivity index (χ3n) is 4.11. The maximum Gasteiger partial charge on any atom is 0.338 e. The second kappa shape index (κ2) is 9.30. The van der Waals surface area contributed by atoms with Crippen molar-refractivity contribution in [1.82, 2.24) is 0 Å². The van der Waals surface area contributed by atoms with Crippen molar-refractivity contribution in [3.8, 4) is 0 Å². The van der Waals surface area contributed by atoms with Crippen molar-refractivity contribution in [3.05, 3.63) is 29.8 Å². The van der Waals surface area contributed by atoms with E-state index in [4.69, 9.17) is 4.74 Å². The molecule has 0 atom stereocenters. The van der Waals surface area contributed by atoms with Gasteiger partial charge in [-0.1, -0.05) is 13.3 Å². The molecule has 0 saturated carbocycles. The SMILES string of the molecule is CCCCOC(=O)c1ccc(NC(=O)C[NH+]2CCCCC2)cc1.